The summed E-state index contributed by atoms with van der Waals surface area (Å²) in [5, 5.41) is 5.51. The lowest BCUT2D eigenvalue weighted by molar-refractivity contribution is -0.120. The molecule has 0 atom stereocenters. The van der Waals surface area contributed by atoms with Crippen LogP contribution in [0.5, 0.6) is 17.2 Å². The molecule has 9 heteroatoms. The first-order chi connectivity index (χ1) is 15.9. The number of hydrogen-bond acceptors (Lipinski definition) is 6. The number of amides is 2. The maximum atomic E-state index is 13.4. The third-order valence-corrected chi connectivity index (χ3v) is 5.87. The summed E-state index contributed by atoms with van der Waals surface area (Å²) >= 11 is 0. The average molecular weight is 461 g/mol. The molecule has 178 valence electrons. The van der Waals surface area contributed by atoms with Gasteiger partial charge < -0.3 is 29.6 Å². The van der Waals surface area contributed by atoms with Crippen molar-refractivity contribution in [2.75, 3.05) is 47.6 Å². The maximum absolute atomic E-state index is 13.4. The lowest BCUT2D eigenvalue weighted by Crippen LogP contribution is -2.47. The fraction of sp³-hybridized carbons (Fsp3) is 0.417. The number of carbonyl (C=O) groups is 2. The summed E-state index contributed by atoms with van der Waals surface area (Å²) in [7, 11) is 4.39. The fourth-order valence-corrected chi connectivity index (χ4v) is 3.94. The Bertz CT molecular complexity index is 948. The molecule has 0 aromatic heterocycles. The zero-order valence-corrected chi connectivity index (χ0v) is 19.0. The Hall–Kier alpha value is -3.33. The lowest BCUT2D eigenvalue weighted by Gasteiger charge is -2.38. The molecule has 8 nitrogen and oxygen atoms in total. The van der Waals surface area contributed by atoms with E-state index in [4.69, 9.17) is 18.9 Å². The molecule has 33 heavy (non-hydrogen) atoms. The average Bonchev–Trinajstić information content (AvgIpc) is 2.85. The summed E-state index contributed by atoms with van der Waals surface area (Å²) in [6.07, 6.45) is 1.41. The van der Waals surface area contributed by atoms with Crippen molar-refractivity contribution in [3.05, 3.63) is 53.3 Å². The summed E-state index contributed by atoms with van der Waals surface area (Å²) in [6.45, 7) is 1.28. The smallest absolute Gasteiger partial charge is 0.251 e. The van der Waals surface area contributed by atoms with Gasteiger partial charge in [0.2, 0.25) is 11.7 Å². The summed E-state index contributed by atoms with van der Waals surface area (Å²) in [5.41, 5.74) is 0.876. The van der Waals surface area contributed by atoms with Crippen LogP contribution >= 0.6 is 0 Å². The van der Waals surface area contributed by atoms with E-state index in [1.54, 1.807) is 12.1 Å². The first kappa shape index (κ1) is 24.3. The largest absolute Gasteiger partial charge is 0.493 e. The second kappa shape index (κ2) is 11.0. The zero-order chi connectivity index (χ0) is 23.8. The van der Waals surface area contributed by atoms with Gasteiger partial charge in [-0.15, -0.1) is 0 Å². The van der Waals surface area contributed by atoms with Gasteiger partial charge in [-0.3, -0.25) is 9.59 Å². The van der Waals surface area contributed by atoms with Crippen LogP contribution in [0.2, 0.25) is 0 Å². The minimum Gasteiger partial charge on any atom is -0.493 e. The third-order valence-electron chi connectivity index (χ3n) is 5.87. The highest BCUT2D eigenvalue weighted by Gasteiger charge is 2.35. The van der Waals surface area contributed by atoms with Crippen molar-refractivity contribution in [3.63, 3.8) is 0 Å². The molecule has 1 saturated heterocycles. The third kappa shape index (κ3) is 5.73. The van der Waals surface area contributed by atoms with Crippen LogP contribution in [-0.2, 0) is 14.9 Å². The van der Waals surface area contributed by atoms with Crippen molar-refractivity contribution < 1.29 is 32.9 Å². The van der Waals surface area contributed by atoms with Gasteiger partial charge >= 0.3 is 0 Å². The molecular formula is C24H29FN2O6. The Balaban J connectivity index is 1.62. The van der Waals surface area contributed by atoms with E-state index in [9.17, 15) is 14.0 Å². The predicted octanol–water partition coefficient (Wildman–Crippen LogP) is 2.45. The van der Waals surface area contributed by atoms with E-state index < -0.39 is 5.91 Å². The molecular weight excluding hydrogens is 431 g/mol. The van der Waals surface area contributed by atoms with Crippen molar-refractivity contribution >= 4 is 11.8 Å². The molecule has 2 N–H and O–H groups in total. The van der Waals surface area contributed by atoms with E-state index in [0.717, 1.165) is 5.56 Å². The molecule has 1 fully saturated rings. The molecule has 1 aliphatic rings. The minimum absolute atomic E-state index is 0.203. The predicted molar refractivity (Wildman–Crippen MR) is 120 cm³/mol. The van der Waals surface area contributed by atoms with Crippen molar-refractivity contribution in [1.29, 1.82) is 0 Å². The van der Waals surface area contributed by atoms with Crippen LogP contribution < -0.4 is 24.8 Å². The number of hydrogen-bond donors (Lipinski definition) is 2. The first-order valence-corrected chi connectivity index (χ1v) is 10.6. The molecule has 0 saturated carbocycles. The van der Waals surface area contributed by atoms with E-state index in [0.29, 0.717) is 49.8 Å². The Kier molecular flexibility index (Phi) is 8.11. The highest BCUT2D eigenvalue weighted by molar-refractivity contribution is 5.97. The van der Waals surface area contributed by atoms with Crippen LogP contribution in [0.1, 0.15) is 28.8 Å². The second-order valence-electron chi connectivity index (χ2n) is 7.77. The van der Waals surface area contributed by atoms with Gasteiger partial charge in [0.05, 0.1) is 27.9 Å². The molecule has 2 aromatic carbocycles. The zero-order valence-electron chi connectivity index (χ0n) is 19.0. The quantitative estimate of drug-likeness (QED) is 0.597. The van der Waals surface area contributed by atoms with Crippen LogP contribution in [0, 0.1) is 5.82 Å². The molecule has 1 aliphatic heterocycles. The van der Waals surface area contributed by atoms with Gasteiger partial charge in [-0.2, -0.15) is 0 Å². The van der Waals surface area contributed by atoms with Crippen LogP contribution in [0.25, 0.3) is 0 Å². The Morgan fingerprint density at radius 3 is 2.12 bits per heavy atom. The van der Waals surface area contributed by atoms with E-state index in [1.807, 2.05) is 0 Å². The highest BCUT2D eigenvalue weighted by Crippen LogP contribution is 2.38. The highest BCUT2D eigenvalue weighted by atomic mass is 19.1. The van der Waals surface area contributed by atoms with Crippen LogP contribution in [0.15, 0.2) is 36.4 Å². The molecule has 0 aliphatic carbocycles. The van der Waals surface area contributed by atoms with Crippen molar-refractivity contribution in [2.45, 2.75) is 18.3 Å². The Labute approximate surface area is 192 Å². The molecule has 0 spiro atoms. The van der Waals surface area contributed by atoms with Crippen LogP contribution in [0.3, 0.4) is 0 Å². The number of methoxy groups -OCH3 is 3. The second-order valence-corrected chi connectivity index (χ2v) is 7.77. The number of ether oxygens (including phenoxy) is 4. The summed E-state index contributed by atoms with van der Waals surface area (Å²) in [6, 6.07) is 9.37. The Morgan fingerprint density at radius 2 is 1.58 bits per heavy atom. The van der Waals surface area contributed by atoms with E-state index in [1.165, 1.54) is 45.6 Å². The molecule has 0 radical (unpaired) electrons. The van der Waals surface area contributed by atoms with Gasteiger partial charge in [-0.25, -0.2) is 4.39 Å². The number of nitrogens with one attached hydrogen (secondary N) is 2. The van der Waals surface area contributed by atoms with Crippen LogP contribution in [0.4, 0.5) is 4.39 Å². The minimum atomic E-state index is -0.455. The number of carbonyl (C=O) groups excluding carboxylic acids is 2. The topological polar surface area (TPSA) is 95.1 Å². The van der Waals surface area contributed by atoms with Gasteiger partial charge in [-0.05, 0) is 42.7 Å². The molecule has 0 bridgehead atoms. The fourth-order valence-electron chi connectivity index (χ4n) is 3.94. The van der Waals surface area contributed by atoms with E-state index in [2.05, 4.69) is 10.6 Å². The van der Waals surface area contributed by atoms with Crippen molar-refractivity contribution in [2.24, 2.45) is 0 Å². The van der Waals surface area contributed by atoms with Crippen molar-refractivity contribution in [1.82, 2.24) is 10.6 Å². The van der Waals surface area contributed by atoms with Gasteiger partial charge in [0.1, 0.15) is 5.82 Å². The molecule has 3 rings (SSSR count). The normalized spacial score (nSPS) is 14.8. The summed E-state index contributed by atoms with van der Waals surface area (Å²) in [5.74, 6) is -0.0387. The maximum Gasteiger partial charge on any atom is 0.251 e. The van der Waals surface area contributed by atoms with E-state index in [-0.39, 0.29) is 29.2 Å². The standard InChI is InChI=1S/C24H29FN2O6/c1-30-19-12-16(13-20(31-2)22(19)32-3)23(29)26-14-21(28)27-15-24(8-10-33-11-9-24)17-4-6-18(25)7-5-17/h4-7,12-13H,8-11,14-15H2,1-3H3,(H,26,29)(H,27,28). The van der Waals surface area contributed by atoms with Gasteiger partial charge in [0.25, 0.3) is 5.91 Å². The number of rotatable bonds is 9. The molecule has 0 unspecified atom stereocenters. The SMILES string of the molecule is COc1cc(C(=O)NCC(=O)NCC2(c3ccc(F)cc3)CCOCC2)cc(OC)c1OC. The number of halogens is 1. The molecule has 2 amide bonds. The van der Waals surface area contributed by atoms with Gasteiger partial charge in [-0.1, -0.05) is 12.1 Å². The van der Waals surface area contributed by atoms with E-state index >= 15 is 0 Å². The number of benzene rings is 2. The van der Waals surface area contributed by atoms with Crippen LogP contribution in [-0.4, -0.2) is 59.4 Å². The summed E-state index contributed by atoms with van der Waals surface area (Å²) < 4.78 is 34.7. The van der Waals surface area contributed by atoms with Crippen molar-refractivity contribution in [3.8, 4) is 17.2 Å². The lowest BCUT2D eigenvalue weighted by atomic mass is 9.74. The van der Waals surface area contributed by atoms with Gasteiger partial charge in [0, 0.05) is 30.7 Å². The Morgan fingerprint density at radius 1 is 0.970 bits per heavy atom. The monoisotopic (exact) mass is 460 g/mol. The van der Waals surface area contributed by atoms with Gasteiger partial charge in [0.15, 0.2) is 11.5 Å². The summed E-state index contributed by atoms with van der Waals surface area (Å²) in [4.78, 5) is 25.1. The molecule has 2 aromatic rings. The first-order valence-electron chi connectivity index (χ1n) is 10.6. The molecule has 1 heterocycles.